The number of benzene rings is 1. The lowest BCUT2D eigenvalue weighted by atomic mass is 10.00. The fourth-order valence-corrected chi connectivity index (χ4v) is 3.49. The number of carbonyl (C=O) groups is 5. The number of carbonyl (C=O) groups excluding carboxylic acids is 4. The van der Waals surface area contributed by atoms with Crippen molar-refractivity contribution in [2.75, 3.05) is 0 Å². The van der Waals surface area contributed by atoms with E-state index in [9.17, 15) is 37.5 Å². The fourth-order valence-electron chi connectivity index (χ4n) is 2.78. The Bertz CT molecular complexity index is 1060. The molecule has 0 aliphatic carbocycles. The van der Waals surface area contributed by atoms with Gasteiger partial charge in [-0.1, -0.05) is 18.2 Å². The molecular formula is C15H10N2O9S. The Hall–Kier alpha value is -3.38. The van der Waals surface area contributed by atoms with Crippen molar-refractivity contribution in [1.82, 2.24) is 10.0 Å². The molecule has 2 N–H and O–H groups in total. The largest absolute Gasteiger partial charge is 0.478 e. The van der Waals surface area contributed by atoms with E-state index < -0.39 is 51.4 Å². The Morgan fingerprint density at radius 3 is 2.26 bits per heavy atom. The summed E-state index contributed by atoms with van der Waals surface area (Å²) in [5.74, 6) is -6.31. The van der Waals surface area contributed by atoms with Gasteiger partial charge in [0.1, 0.15) is 0 Å². The first-order chi connectivity index (χ1) is 12.5. The van der Waals surface area contributed by atoms with Crippen LogP contribution >= 0.6 is 0 Å². The summed E-state index contributed by atoms with van der Waals surface area (Å²) in [4.78, 5) is 60.3. The topological polar surface area (TPSA) is 166 Å². The van der Waals surface area contributed by atoms with E-state index in [4.69, 9.17) is 4.55 Å². The minimum Gasteiger partial charge on any atom is -0.478 e. The molecule has 2 aliphatic rings. The van der Waals surface area contributed by atoms with E-state index in [1.807, 2.05) is 0 Å². The van der Waals surface area contributed by atoms with Gasteiger partial charge in [-0.15, -0.1) is 0 Å². The van der Waals surface area contributed by atoms with E-state index in [1.165, 1.54) is 24.3 Å². The maximum atomic E-state index is 12.6. The number of hydrogen-bond donors (Lipinski definition) is 2. The zero-order chi connectivity index (χ0) is 20.1. The third kappa shape index (κ3) is 2.90. The first-order valence-corrected chi connectivity index (χ1v) is 8.80. The van der Waals surface area contributed by atoms with Crippen LogP contribution in [0, 0.1) is 0 Å². The van der Waals surface area contributed by atoms with Gasteiger partial charge in [0.25, 0.3) is 33.7 Å². The Morgan fingerprint density at radius 1 is 1.07 bits per heavy atom. The van der Waals surface area contributed by atoms with Crippen molar-refractivity contribution in [2.45, 2.75) is 11.7 Å². The standard InChI is InChI=1S/C15H10N2O9S/c18-11-5-9(7-3-1-2-4-8(7)15(22)23)13(20)16(11)17-12(19)6-10(14(17)21)27(24,25)26/h1-5,10H,6H2,(H,22,23)(H,24,25,26). The lowest BCUT2D eigenvalue weighted by Crippen LogP contribution is -2.51. The molecule has 0 spiro atoms. The van der Waals surface area contributed by atoms with Gasteiger partial charge in [0.05, 0.1) is 17.6 Å². The van der Waals surface area contributed by atoms with E-state index in [1.54, 1.807) is 0 Å². The second-order valence-corrected chi connectivity index (χ2v) is 7.21. The highest BCUT2D eigenvalue weighted by Gasteiger charge is 2.52. The monoisotopic (exact) mass is 394 g/mol. The number of amides is 4. The van der Waals surface area contributed by atoms with E-state index >= 15 is 0 Å². The minimum atomic E-state index is -4.92. The lowest BCUT2D eigenvalue weighted by molar-refractivity contribution is -0.170. The summed E-state index contributed by atoms with van der Waals surface area (Å²) in [6.45, 7) is 0. The van der Waals surface area contributed by atoms with Crippen molar-refractivity contribution in [3.63, 3.8) is 0 Å². The molecule has 1 aromatic carbocycles. The van der Waals surface area contributed by atoms with Crippen LogP contribution in [0.5, 0.6) is 0 Å². The summed E-state index contributed by atoms with van der Waals surface area (Å²) in [5.41, 5.74) is -0.785. The highest BCUT2D eigenvalue weighted by atomic mass is 32.2. The Balaban J connectivity index is 2.00. The van der Waals surface area contributed by atoms with Crippen molar-refractivity contribution in [3.8, 4) is 0 Å². The van der Waals surface area contributed by atoms with Crippen molar-refractivity contribution < 1.29 is 42.0 Å². The molecule has 1 atom stereocenters. The number of rotatable bonds is 4. The van der Waals surface area contributed by atoms with Crippen molar-refractivity contribution in [1.29, 1.82) is 0 Å². The average molecular weight is 394 g/mol. The first kappa shape index (κ1) is 18.4. The van der Waals surface area contributed by atoms with Crippen molar-refractivity contribution in [2.24, 2.45) is 0 Å². The Kier molecular flexibility index (Phi) is 4.16. The zero-order valence-corrected chi connectivity index (χ0v) is 14.0. The molecule has 1 unspecified atom stereocenters. The van der Waals surface area contributed by atoms with Gasteiger partial charge < -0.3 is 5.11 Å². The number of aromatic carboxylic acids is 1. The average Bonchev–Trinajstić information content (AvgIpc) is 3.03. The second kappa shape index (κ2) is 6.10. The van der Waals surface area contributed by atoms with Crippen LogP contribution < -0.4 is 0 Å². The summed E-state index contributed by atoms with van der Waals surface area (Å²) in [6, 6.07) is 5.28. The van der Waals surface area contributed by atoms with Gasteiger partial charge in [0.2, 0.25) is 0 Å². The molecule has 3 rings (SSSR count). The summed E-state index contributed by atoms with van der Waals surface area (Å²) in [7, 11) is -4.92. The molecule has 1 saturated heterocycles. The van der Waals surface area contributed by atoms with Gasteiger partial charge in [-0.3, -0.25) is 23.7 Å². The maximum Gasteiger partial charge on any atom is 0.336 e. The summed E-state index contributed by atoms with van der Waals surface area (Å²) < 4.78 is 31.4. The summed E-state index contributed by atoms with van der Waals surface area (Å²) >= 11 is 0. The van der Waals surface area contributed by atoms with Crippen molar-refractivity contribution >= 4 is 45.3 Å². The number of carboxylic acid groups (broad SMARTS) is 1. The number of hydrazine groups is 1. The molecule has 1 aromatic rings. The van der Waals surface area contributed by atoms with Gasteiger partial charge >= 0.3 is 5.97 Å². The molecule has 140 valence electrons. The molecule has 11 nitrogen and oxygen atoms in total. The summed E-state index contributed by atoms with van der Waals surface area (Å²) in [5, 5.41) is 7.27. The number of nitrogens with zero attached hydrogens (tertiary/aromatic N) is 2. The van der Waals surface area contributed by atoms with Gasteiger partial charge in [0, 0.05) is 11.6 Å². The third-order valence-corrected chi connectivity index (χ3v) is 5.07. The number of hydrogen-bond acceptors (Lipinski definition) is 7. The van der Waals surface area contributed by atoms with Gasteiger partial charge in [-0.25, -0.2) is 4.79 Å². The quantitative estimate of drug-likeness (QED) is 0.484. The smallest absolute Gasteiger partial charge is 0.336 e. The molecule has 0 bridgehead atoms. The van der Waals surface area contributed by atoms with Crippen LogP contribution in [0.25, 0.3) is 5.57 Å². The first-order valence-electron chi connectivity index (χ1n) is 7.30. The third-order valence-electron chi connectivity index (χ3n) is 3.99. The Labute approximate surface area is 151 Å². The number of carboxylic acids is 1. The molecule has 0 radical (unpaired) electrons. The van der Waals surface area contributed by atoms with E-state index in [0.29, 0.717) is 0 Å². The van der Waals surface area contributed by atoms with Crippen LogP contribution in [-0.4, -0.2) is 62.9 Å². The van der Waals surface area contributed by atoms with Gasteiger partial charge in [-0.05, 0) is 6.07 Å². The predicted octanol–water partition coefficient (Wildman–Crippen LogP) is -0.933. The van der Waals surface area contributed by atoms with Gasteiger partial charge in [0.15, 0.2) is 5.25 Å². The van der Waals surface area contributed by atoms with E-state index in [-0.39, 0.29) is 26.7 Å². The second-order valence-electron chi connectivity index (χ2n) is 5.62. The van der Waals surface area contributed by atoms with E-state index in [2.05, 4.69) is 0 Å². The number of imide groups is 2. The van der Waals surface area contributed by atoms with Crippen molar-refractivity contribution in [3.05, 3.63) is 41.5 Å². The molecule has 1 fully saturated rings. The molecular weight excluding hydrogens is 384 g/mol. The van der Waals surface area contributed by atoms with Crippen LogP contribution in [-0.2, 0) is 29.3 Å². The maximum absolute atomic E-state index is 12.6. The molecule has 4 amide bonds. The van der Waals surface area contributed by atoms with Crippen LogP contribution in [0.1, 0.15) is 22.3 Å². The van der Waals surface area contributed by atoms with Crippen LogP contribution in [0.15, 0.2) is 30.3 Å². The summed E-state index contributed by atoms with van der Waals surface area (Å²) in [6.07, 6.45) is -0.193. The minimum absolute atomic E-state index is 0.0516. The highest BCUT2D eigenvalue weighted by Crippen LogP contribution is 2.30. The Morgan fingerprint density at radius 2 is 1.70 bits per heavy atom. The molecule has 0 aromatic heterocycles. The van der Waals surface area contributed by atoms with Crippen LogP contribution in [0.3, 0.4) is 0 Å². The predicted molar refractivity (Wildman–Crippen MR) is 85.0 cm³/mol. The molecule has 2 aliphatic heterocycles. The SMILES string of the molecule is O=C(O)c1ccccc1C1=CC(=O)N(N2C(=O)CC(S(=O)(=O)O)C2=O)C1=O. The van der Waals surface area contributed by atoms with Crippen LogP contribution in [0.2, 0.25) is 0 Å². The van der Waals surface area contributed by atoms with Crippen LogP contribution in [0.4, 0.5) is 0 Å². The van der Waals surface area contributed by atoms with Gasteiger partial charge in [-0.2, -0.15) is 18.4 Å². The lowest BCUT2D eigenvalue weighted by Gasteiger charge is -2.24. The molecule has 27 heavy (non-hydrogen) atoms. The zero-order valence-electron chi connectivity index (χ0n) is 13.2. The normalized spacial score (nSPS) is 20.5. The molecule has 12 heteroatoms. The highest BCUT2D eigenvalue weighted by molar-refractivity contribution is 7.87. The van der Waals surface area contributed by atoms with E-state index in [0.717, 1.165) is 6.08 Å². The fraction of sp³-hybridized carbons (Fsp3) is 0.133. The molecule has 2 heterocycles. The molecule has 0 saturated carbocycles.